The van der Waals surface area contributed by atoms with Gasteiger partial charge in [-0.2, -0.15) is 0 Å². The summed E-state index contributed by atoms with van der Waals surface area (Å²) < 4.78 is 0. The molecule has 0 radical (unpaired) electrons. The fourth-order valence-electron chi connectivity index (χ4n) is 3.01. The van der Waals surface area contributed by atoms with Gasteiger partial charge in [-0.05, 0) is 58.0 Å². The molecule has 0 N–H and O–H groups in total. The topological polar surface area (TPSA) is 17.1 Å². The molecule has 0 unspecified atom stereocenters. The summed E-state index contributed by atoms with van der Waals surface area (Å²) in [7, 11) is 0. The van der Waals surface area contributed by atoms with Crippen molar-refractivity contribution < 1.29 is 4.79 Å². The van der Waals surface area contributed by atoms with Crippen LogP contribution in [-0.4, -0.2) is 5.24 Å². The van der Waals surface area contributed by atoms with Crippen molar-refractivity contribution in [3.05, 3.63) is 53.1 Å². The predicted molar refractivity (Wildman–Crippen MR) is 90.8 cm³/mol. The molecule has 112 valence electrons. The monoisotopic (exact) mass is 302 g/mol. The summed E-state index contributed by atoms with van der Waals surface area (Å²) in [5.41, 5.74) is 4.53. The molecule has 0 saturated heterocycles. The van der Waals surface area contributed by atoms with Crippen molar-refractivity contribution in [3.8, 4) is 0 Å². The molecule has 2 rings (SSSR count). The third kappa shape index (κ3) is 3.65. The number of halogens is 1. The number of rotatable bonds is 3. The summed E-state index contributed by atoms with van der Waals surface area (Å²) in [4.78, 5) is 10.6. The van der Waals surface area contributed by atoms with E-state index in [0.29, 0.717) is 0 Å². The first-order chi connectivity index (χ1) is 9.72. The van der Waals surface area contributed by atoms with Gasteiger partial charge in [0.15, 0.2) is 0 Å². The van der Waals surface area contributed by atoms with Crippen LogP contribution in [0.5, 0.6) is 0 Å². The van der Waals surface area contributed by atoms with E-state index in [9.17, 15) is 4.79 Å². The Morgan fingerprint density at radius 2 is 1.67 bits per heavy atom. The molecule has 0 atom stereocenters. The van der Waals surface area contributed by atoms with Gasteiger partial charge in [0, 0.05) is 0 Å². The number of benzene rings is 1. The lowest BCUT2D eigenvalue weighted by Crippen LogP contribution is -2.33. The highest BCUT2D eigenvalue weighted by atomic mass is 35.5. The lowest BCUT2D eigenvalue weighted by Gasteiger charge is -2.42. The smallest absolute Gasteiger partial charge is 0.245 e. The Labute approximate surface area is 132 Å². The van der Waals surface area contributed by atoms with E-state index in [1.54, 1.807) is 6.08 Å². The van der Waals surface area contributed by atoms with Crippen molar-refractivity contribution in [1.29, 1.82) is 0 Å². The van der Waals surface area contributed by atoms with Crippen LogP contribution in [0.3, 0.4) is 0 Å². The molecule has 1 aromatic rings. The van der Waals surface area contributed by atoms with E-state index in [4.69, 9.17) is 11.6 Å². The molecule has 1 aromatic carbocycles. The average Bonchev–Trinajstić information content (AvgIpc) is 2.40. The quantitative estimate of drug-likeness (QED) is 0.417. The Hall–Kier alpha value is -1.34. The van der Waals surface area contributed by atoms with Crippen LogP contribution in [0, 0.1) is 0 Å². The van der Waals surface area contributed by atoms with Crippen LogP contribution < -0.4 is 0 Å². The van der Waals surface area contributed by atoms with Gasteiger partial charge in [-0.1, -0.05) is 64.1 Å². The first-order valence-corrected chi connectivity index (χ1v) is 7.79. The average molecular weight is 303 g/mol. The molecule has 0 aliphatic heterocycles. The maximum atomic E-state index is 10.6. The maximum absolute atomic E-state index is 10.6. The minimum Gasteiger partial charge on any atom is -0.276 e. The van der Waals surface area contributed by atoms with Crippen molar-refractivity contribution in [1.82, 2.24) is 0 Å². The predicted octanol–water partition coefficient (Wildman–Crippen LogP) is 5.37. The van der Waals surface area contributed by atoms with Crippen LogP contribution in [0.15, 0.2) is 36.4 Å². The van der Waals surface area contributed by atoms with Crippen LogP contribution in [0.2, 0.25) is 0 Å². The molecule has 0 aromatic heterocycles. The Kier molecular flexibility index (Phi) is 4.43. The summed E-state index contributed by atoms with van der Waals surface area (Å²) in [5.74, 6) is 0. The summed E-state index contributed by atoms with van der Waals surface area (Å²) in [6.07, 6.45) is 9.31. The number of allylic oxidation sites excluding steroid dienone is 3. The highest BCUT2D eigenvalue weighted by molar-refractivity contribution is 6.66. The van der Waals surface area contributed by atoms with Gasteiger partial charge in [-0.15, -0.1) is 0 Å². The Balaban J connectivity index is 2.35. The fraction of sp³-hybridized carbons (Fsp3) is 0.421. The normalized spacial score (nSPS) is 19.9. The summed E-state index contributed by atoms with van der Waals surface area (Å²) in [6, 6.07) is 6.68. The first kappa shape index (κ1) is 16.0. The molecule has 1 aliphatic carbocycles. The summed E-state index contributed by atoms with van der Waals surface area (Å²) in [6.45, 7) is 9.29. The van der Waals surface area contributed by atoms with Gasteiger partial charge in [0.25, 0.3) is 0 Å². The van der Waals surface area contributed by atoms with Crippen LogP contribution in [-0.2, 0) is 15.6 Å². The van der Waals surface area contributed by atoms with Gasteiger partial charge < -0.3 is 0 Å². The van der Waals surface area contributed by atoms with Crippen LogP contribution in [0.4, 0.5) is 0 Å². The molecule has 0 bridgehead atoms. The fourth-order valence-corrected chi connectivity index (χ4v) is 3.08. The third-order valence-corrected chi connectivity index (χ3v) is 4.63. The molecule has 0 saturated carbocycles. The second-order valence-electron chi connectivity index (χ2n) is 7.10. The van der Waals surface area contributed by atoms with E-state index in [1.807, 2.05) is 12.2 Å². The zero-order chi connectivity index (χ0) is 15.7. The Morgan fingerprint density at radius 1 is 1.05 bits per heavy atom. The Morgan fingerprint density at radius 3 is 2.29 bits per heavy atom. The van der Waals surface area contributed by atoms with Gasteiger partial charge >= 0.3 is 0 Å². The van der Waals surface area contributed by atoms with E-state index in [-0.39, 0.29) is 10.8 Å². The lowest BCUT2D eigenvalue weighted by molar-refractivity contribution is -0.107. The van der Waals surface area contributed by atoms with Gasteiger partial charge in [0.05, 0.1) is 0 Å². The minimum absolute atomic E-state index is 0.219. The second kappa shape index (κ2) is 5.81. The zero-order valence-electron chi connectivity index (χ0n) is 13.2. The molecule has 1 aliphatic rings. The van der Waals surface area contributed by atoms with Crippen LogP contribution >= 0.6 is 11.6 Å². The molecule has 0 spiro atoms. The molecule has 1 nitrogen and oxygen atoms in total. The number of carbonyl (C=O) groups is 1. The van der Waals surface area contributed by atoms with Crippen molar-refractivity contribution in [2.24, 2.45) is 0 Å². The highest BCUT2D eigenvalue weighted by Gasteiger charge is 2.36. The SMILES string of the molecule is CC1(C)CCC(C)(C)c2cc(C=CC=CC(=O)Cl)ccc21. The van der Waals surface area contributed by atoms with Crippen molar-refractivity contribution in [3.63, 3.8) is 0 Å². The summed E-state index contributed by atoms with van der Waals surface area (Å²) in [5, 5.41) is -0.451. The minimum atomic E-state index is -0.451. The Bertz CT molecular complexity index is 606. The van der Waals surface area contributed by atoms with E-state index < -0.39 is 5.24 Å². The molecule has 0 fully saturated rings. The van der Waals surface area contributed by atoms with Crippen molar-refractivity contribution >= 4 is 22.9 Å². The zero-order valence-corrected chi connectivity index (χ0v) is 14.0. The number of carbonyl (C=O) groups excluding carboxylic acids is 1. The largest absolute Gasteiger partial charge is 0.276 e. The van der Waals surface area contributed by atoms with Gasteiger partial charge in [-0.3, -0.25) is 4.79 Å². The molecule has 0 heterocycles. The van der Waals surface area contributed by atoms with E-state index in [0.717, 1.165) is 5.56 Å². The van der Waals surface area contributed by atoms with Crippen LogP contribution in [0.25, 0.3) is 6.08 Å². The number of hydrogen-bond donors (Lipinski definition) is 0. The number of fused-ring (bicyclic) bond motifs is 1. The standard InChI is InChI=1S/C19H23ClO/c1-18(2)11-12-19(3,4)16-13-14(9-10-15(16)18)7-5-6-8-17(20)21/h5-10,13H,11-12H2,1-4H3. The van der Waals surface area contributed by atoms with Gasteiger partial charge in [-0.25, -0.2) is 0 Å². The highest BCUT2D eigenvalue weighted by Crippen LogP contribution is 2.45. The third-order valence-electron chi connectivity index (χ3n) is 4.50. The molecular formula is C19H23ClO. The lowest BCUT2D eigenvalue weighted by atomic mass is 9.63. The van der Waals surface area contributed by atoms with Gasteiger partial charge in [0.2, 0.25) is 5.24 Å². The van der Waals surface area contributed by atoms with E-state index in [1.165, 1.54) is 30.0 Å². The molecule has 21 heavy (non-hydrogen) atoms. The van der Waals surface area contributed by atoms with Gasteiger partial charge in [0.1, 0.15) is 0 Å². The number of hydrogen-bond acceptors (Lipinski definition) is 1. The van der Waals surface area contributed by atoms with Crippen molar-refractivity contribution in [2.75, 3.05) is 0 Å². The van der Waals surface area contributed by atoms with Crippen molar-refractivity contribution in [2.45, 2.75) is 51.4 Å². The summed E-state index contributed by atoms with van der Waals surface area (Å²) >= 11 is 5.26. The molecular weight excluding hydrogens is 280 g/mol. The maximum Gasteiger partial charge on any atom is 0.245 e. The second-order valence-corrected chi connectivity index (χ2v) is 7.47. The molecule has 0 amide bonds. The van der Waals surface area contributed by atoms with Crippen LogP contribution in [0.1, 0.15) is 57.2 Å². The first-order valence-electron chi connectivity index (χ1n) is 7.42. The van der Waals surface area contributed by atoms with E-state index in [2.05, 4.69) is 45.9 Å². The van der Waals surface area contributed by atoms with E-state index >= 15 is 0 Å². The molecule has 2 heteroatoms.